The van der Waals surface area contributed by atoms with Gasteiger partial charge in [0.2, 0.25) is 5.91 Å². The molecule has 0 bridgehead atoms. The van der Waals surface area contributed by atoms with Crippen molar-refractivity contribution in [3.05, 3.63) is 16.0 Å². The highest BCUT2D eigenvalue weighted by Crippen LogP contribution is 2.44. The van der Waals surface area contributed by atoms with Crippen LogP contribution in [0.5, 0.6) is 0 Å². The summed E-state index contributed by atoms with van der Waals surface area (Å²) in [6.07, 6.45) is 2.57. The number of hydrogen-bond acceptors (Lipinski definition) is 7. The summed E-state index contributed by atoms with van der Waals surface area (Å²) in [4.78, 5) is 41.5. The molecule has 9 heteroatoms. The van der Waals surface area contributed by atoms with E-state index in [4.69, 9.17) is 10.5 Å². The highest BCUT2D eigenvalue weighted by atomic mass is 32.2. The van der Waals surface area contributed by atoms with Crippen LogP contribution in [0, 0.1) is 5.41 Å². The van der Waals surface area contributed by atoms with Crippen molar-refractivity contribution in [1.82, 2.24) is 0 Å². The Labute approximate surface area is 166 Å². The molecule has 1 atom stereocenters. The van der Waals surface area contributed by atoms with E-state index in [-0.39, 0.29) is 29.5 Å². The number of esters is 1. The first kappa shape index (κ1) is 19.9. The fourth-order valence-electron chi connectivity index (χ4n) is 3.29. The van der Waals surface area contributed by atoms with Gasteiger partial charge in [0, 0.05) is 11.3 Å². The first-order chi connectivity index (χ1) is 12.7. The minimum atomic E-state index is -0.607. The lowest BCUT2D eigenvalue weighted by Crippen LogP contribution is -2.23. The molecule has 3 rings (SSSR count). The van der Waals surface area contributed by atoms with Gasteiger partial charge in [0.05, 0.1) is 12.2 Å². The van der Waals surface area contributed by atoms with Crippen molar-refractivity contribution in [2.75, 3.05) is 11.9 Å². The number of carbonyl (C=O) groups is 3. The predicted molar refractivity (Wildman–Crippen MR) is 107 cm³/mol. The molecular weight excluding hydrogens is 386 g/mol. The van der Waals surface area contributed by atoms with Crippen LogP contribution in [0.4, 0.5) is 5.00 Å². The maximum absolute atomic E-state index is 12.5. The third kappa shape index (κ3) is 4.35. The Morgan fingerprint density at radius 3 is 2.78 bits per heavy atom. The number of aliphatic imine (C=N–C) groups is 1. The number of nitrogens with two attached hydrogens (primary N) is 1. The van der Waals surface area contributed by atoms with Gasteiger partial charge >= 0.3 is 5.97 Å². The number of anilines is 1. The van der Waals surface area contributed by atoms with Crippen LogP contribution in [0.25, 0.3) is 0 Å². The number of carbonyl (C=O) groups excluding carboxylic acids is 3. The van der Waals surface area contributed by atoms with Gasteiger partial charge in [0.25, 0.3) is 5.91 Å². The number of amides is 2. The topological polar surface area (TPSA) is 111 Å². The molecule has 0 saturated carbocycles. The van der Waals surface area contributed by atoms with Crippen molar-refractivity contribution >= 4 is 51.1 Å². The zero-order chi connectivity index (χ0) is 19.8. The molecule has 1 unspecified atom stereocenters. The molecule has 2 aliphatic rings. The minimum Gasteiger partial charge on any atom is -0.462 e. The molecule has 0 spiro atoms. The van der Waals surface area contributed by atoms with Gasteiger partial charge < -0.3 is 15.8 Å². The molecule has 0 radical (unpaired) electrons. The van der Waals surface area contributed by atoms with E-state index in [1.807, 2.05) is 0 Å². The average Bonchev–Trinajstić information content (AvgIpc) is 3.05. The molecule has 146 valence electrons. The number of amidine groups is 1. The fraction of sp³-hybridized carbons (Fsp3) is 0.556. The summed E-state index contributed by atoms with van der Waals surface area (Å²) in [5.41, 5.74) is 7.13. The Balaban J connectivity index is 1.82. The fourth-order valence-corrected chi connectivity index (χ4v) is 5.62. The number of thioether (sulfide) groups is 1. The van der Waals surface area contributed by atoms with Gasteiger partial charge in [-0.05, 0) is 37.2 Å². The number of fused-ring (bicyclic) bond motifs is 1. The Hall–Kier alpha value is -1.87. The number of thiophene rings is 1. The predicted octanol–water partition coefficient (Wildman–Crippen LogP) is 2.73. The zero-order valence-corrected chi connectivity index (χ0v) is 17.2. The summed E-state index contributed by atoms with van der Waals surface area (Å²) in [6, 6.07) is 0. The minimum absolute atomic E-state index is 0.0377. The van der Waals surface area contributed by atoms with Crippen molar-refractivity contribution in [2.24, 2.45) is 16.1 Å². The summed E-state index contributed by atoms with van der Waals surface area (Å²) in [6.45, 7) is 6.42. The normalized spacial score (nSPS) is 20.8. The van der Waals surface area contributed by atoms with Crippen LogP contribution in [0.15, 0.2) is 4.99 Å². The van der Waals surface area contributed by atoms with Crippen molar-refractivity contribution in [3.8, 4) is 0 Å². The number of ether oxygens (including phenoxy) is 1. The summed E-state index contributed by atoms with van der Waals surface area (Å²) >= 11 is 2.52. The lowest BCUT2D eigenvalue weighted by Gasteiger charge is -2.29. The maximum atomic E-state index is 12.5. The van der Waals surface area contributed by atoms with E-state index in [9.17, 15) is 14.4 Å². The molecule has 0 fully saturated rings. The molecule has 2 heterocycles. The maximum Gasteiger partial charge on any atom is 0.341 e. The van der Waals surface area contributed by atoms with E-state index >= 15 is 0 Å². The Morgan fingerprint density at radius 2 is 2.15 bits per heavy atom. The van der Waals surface area contributed by atoms with Crippen molar-refractivity contribution in [3.63, 3.8) is 0 Å². The van der Waals surface area contributed by atoms with Crippen molar-refractivity contribution in [2.45, 2.75) is 51.7 Å². The standard InChI is InChI=1S/C18H23N3O4S2/c1-4-25-16(24)13-9-5-6-18(2,3)8-11(9)26-15(13)20-12(22)7-10-14(23)21-17(19)27-10/h10H,4-8H2,1-3H3,(H,20,22)(H2,19,21,23). The third-order valence-electron chi connectivity index (χ3n) is 4.64. The Kier molecular flexibility index (Phi) is 5.62. The molecule has 1 aromatic rings. The SMILES string of the molecule is CCOC(=O)c1c(NC(=O)CC2SC(N)=NC2=O)sc2c1CCC(C)(C)C2. The second-order valence-corrected chi connectivity index (χ2v) is 9.74. The summed E-state index contributed by atoms with van der Waals surface area (Å²) in [5, 5.41) is 2.90. The van der Waals surface area contributed by atoms with Crippen molar-refractivity contribution in [1.29, 1.82) is 0 Å². The van der Waals surface area contributed by atoms with Crippen LogP contribution >= 0.6 is 23.1 Å². The number of rotatable bonds is 5. The number of nitrogens with one attached hydrogen (secondary N) is 1. The van der Waals surface area contributed by atoms with E-state index in [1.54, 1.807) is 6.92 Å². The van der Waals surface area contributed by atoms with Gasteiger partial charge in [-0.3, -0.25) is 9.59 Å². The number of nitrogens with zero attached hydrogens (tertiary/aromatic N) is 1. The summed E-state index contributed by atoms with van der Waals surface area (Å²) in [7, 11) is 0. The molecule has 2 amide bonds. The molecule has 1 aromatic heterocycles. The highest BCUT2D eigenvalue weighted by molar-refractivity contribution is 8.15. The van der Waals surface area contributed by atoms with E-state index in [0.717, 1.165) is 41.5 Å². The van der Waals surface area contributed by atoms with Gasteiger partial charge in [-0.1, -0.05) is 25.6 Å². The second-order valence-electron chi connectivity index (χ2n) is 7.42. The lowest BCUT2D eigenvalue weighted by atomic mass is 9.77. The van der Waals surface area contributed by atoms with Crippen LogP contribution in [0.3, 0.4) is 0 Å². The third-order valence-corrected chi connectivity index (χ3v) is 6.78. The van der Waals surface area contributed by atoms with Gasteiger partial charge in [0.1, 0.15) is 10.3 Å². The van der Waals surface area contributed by atoms with Crippen LogP contribution in [-0.2, 0) is 27.2 Å². The zero-order valence-electron chi connectivity index (χ0n) is 15.6. The monoisotopic (exact) mass is 409 g/mol. The smallest absolute Gasteiger partial charge is 0.341 e. The van der Waals surface area contributed by atoms with E-state index in [2.05, 4.69) is 24.2 Å². The van der Waals surface area contributed by atoms with Gasteiger partial charge in [-0.2, -0.15) is 4.99 Å². The lowest BCUT2D eigenvalue weighted by molar-refractivity contribution is -0.121. The molecule has 1 aliphatic heterocycles. The first-order valence-electron chi connectivity index (χ1n) is 8.86. The largest absolute Gasteiger partial charge is 0.462 e. The average molecular weight is 410 g/mol. The molecule has 27 heavy (non-hydrogen) atoms. The van der Waals surface area contributed by atoms with Crippen molar-refractivity contribution < 1.29 is 19.1 Å². The first-order valence-corrected chi connectivity index (χ1v) is 10.6. The molecule has 0 saturated heterocycles. The Bertz CT molecular complexity index is 829. The van der Waals surface area contributed by atoms with E-state index in [1.165, 1.54) is 11.3 Å². The van der Waals surface area contributed by atoms with Gasteiger partial charge in [-0.15, -0.1) is 11.3 Å². The Morgan fingerprint density at radius 1 is 1.41 bits per heavy atom. The van der Waals surface area contributed by atoms with Crippen LogP contribution in [-0.4, -0.2) is 34.8 Å². The van der Waals surface area contributed by atoms with E-state index in [0.29, 0.717) is 10.6 Å². The molecule has 1 aliphatic carbocycles. The number of hydrogen-bond donors (Lipinski definition) is 2. The van der Waals surface area contributed by atoms with E-state index < -0.39 is 17.1 Å². The van der Waals surface area contributed by atoms with Crippen LogP contribution < -0.4 is 11.1 Å². The molecule has 3 N–H and O–H groups in total. The molecular formula is C18H23N3O4S2. The van der Waals surface area contributed by atoms with Gasteiger partial charge in [-0.25, -0.2) is 4.79 Å². The highest BCUT2D eigenvalue weighted by Gasteiger charge is 2.34. The van der Waals surface area contributed by atoms with Crippen LogP contribution in [0.2, 0.25) is 0 Å². The molecule has 7 nitrogen and oxygen atoms in total. The second kappa shape index (κ2) is 7.63. The summed E-state index contributed by atoms with van der Waals surface area (Å²) in [5.74, 6) is -1.15. The van der Waals surface area contributed by atoms with Gasteiger partial charge in [0.15, 0.2) is 5.17 Å². The molecule has 0 aromatic carbocycles. The summed E-state index contributed by atoms with van der Waals surface area (Å²) < 4.78 is 5.21. The quantitative estimate of drug-likeness (QED) is 0.724. The van der Waals surface area contributed by atoms with Crippen LogP contribution in [0.1, 0.15) is 54.4 Å².